The third kappa shape index (κ3) is 6.88. The zero-order valence-electron chi connectivity index (χ0n) is 22.1. The van der Waals surface area contributed by atoms with E-state index in [9.17, 15) is 9.59 Å². The second-order valence-electron chi connectivity index (χ2n) is 9.17. The van der Waals surface area contributed by atoms with Crippen molar-refractivity contribution in [3.63, 3.8) is 0 Å². The molecular formula is C31H35N3O4. The van der Waals surface area contributed by atoms with E-state index in [1.54, 1.807) is 24.0 Å². The van der Waals surface area contributed by atoms with E-state index in [4.69, 9.17) is 9.47 Å². The van der Waals surface area contributed by atoms with Gasteiger partial charge in [-0.25, -0.2) is 0 Å². The molecule has 0 unspecified atom stereocenters. The zero-order valence-corrected chi connectivity index (χ0v) is 22.1. The lowest BCUT2D eigenvalue weighted by molar-refractivity contribution is -0.133. The lowest BCUT2D eigenvalue weighted by atomic mass is 10.0. The van der Waals surface area contributed by atoms with Gasteiger partial charge in [0.15, 0.2) is 0 Å². The summed E-state index contributed by atoms with van der Waals surface area (Å²) in [7, 11) is 3.21. The quantitative estimate of drug-likeness (QED) is 0.265. The number of benzene rings is 3. The predicted molar refractivity (Wildman–Crippen MR) is 149 cm³/mol. The molecule has 7 heteroatoms. The van der Waals surface area contributed by atoms with E-state index in [1.807, 2.05) is 79.0 Å². The zero-order chi connectivity index (χ0) is 26.7. The number of hydrogen-bond acceptors (Lipinski definition) is 4. The number of hydrogen-bond donors (Lipinski definition) is 0. The van der Waals surface area contributed by atoms with Crippen molar-refractivity contribution in [3.05, 3.63) is 108 Å². The minimum absolute atomic E-state index is 0.0471. The van der Waals surface area contributed by atoms with Crippen LogP contribution in [-0.4, -0.2) is 73.2 Å². The van der Waals surface area contributed by atoms with E-state index in [0.29, 0.717) is 38.4 Å². The van der Waals surface area contributed by atoms with Gasteiger partial charge in [0.25, 0.3) is 5.91 Å². The molecule has 198 valence electrons. The molecule has 0 saturated heterocycles. The average molecular weight is 514 g/mol. The SMILES string of the molecule is COCCN(Cc1cccn1Cc1ccccc1)C(=O)CN(CCOC)C(=O)c1cccc2ccccc12. The fourth-order valence-corrected chi connectivity index (χ4v) is 4.52. The number of carbonyl (C=O) groups is 2. The van der Waals surface area contributed by atoms with Crippen LogP contribution in [0.4, 0.5) is 0 Å². The molecule has 38 heavy (non-hydrogen) atoms. The third-order valence-corrected chi connectivity index (χ3v) is 6.59. The van der Waals surface area contributed by atoms with Crippen molar-refractivity contribution in [2.24, 2.45) is 0 Å². The van der Waals surface area contributed by atoms with Crippen molar-refractivity contribution in [1.29, 1.82) is 0 Å². The van der Waals surface area contributed by atoms with Crippen LogP contribution in [0.25, 0.3) is 10.8 Å². The van der Waals surface area contributed by atoms with E-state index in [2.05, 4.69) is 16.7 Å². The van der Waals surface area contributed by atoms with Crippen molar-refractivity contribution in [2.45, 2.75) is 13.1 Å². The van der Waals surface area contributed by atoms with Crippen LogP contribution in [0.5, 0.6) is 0 Å². The van der Waals surface area contributed by atoms with Crippen molar-refractivity contribution in [3.8, 4) is 0 Å². The first kappa shape index (κ1) is 27.1. The first-order chi connectivity index (χ1) is 18.6. The second kappa shape index (κ2) is 13.6. The van der Waals surface area contributed by atoms with E-state index < -0.39 is 0 Å². The highest BCUT2D eigenvalue weighted by Crippen LogP contribution is 2.20. The fraction of sp³-hybridized carbons (Fsp3) is 0.290. The highest BCUT2D eigenvalue weighted by Gasteiger charge is 2.24. The lowest BCUT2D eigenvalue weighted by Crippen LogP contribution is -2.45. The van der Waals surface area contributed by atoms with Crippen LogP contribution >= 0.6 is 0 Å². The maximum Gasteiger partial charge on any atom is 0.255 e. The molecule has 0 aliphatic heterocycles. The van der Waals surface area contributed by atoms with Crippen LogP contribution in [0.3, 0.4) is 0 Å². The van der Waals surface area contributed by atoms with Crippen LogP contribution in [0.15, 0.2) is 91.1 Å². The van der Waals surface area contributed by atoms with Crippen molar-refractivity contribution in [1.82, 2.24) is 14.4 Å². The summed E-state index contributed by atoms with van der Waals surface area (Å²) < 4.78 is 12.7. The Hall–Kier alpha value is -3.94. The summed E-state index contributed by atoms with van der Waals surface area (Å²) in [4.78, 5) is 30.7. The van der Waals surface area contributed by atoms with E-state index in [0.717, 1.165) is 23.0 Å². The van der Waals surface area contributed by atoms with Gasteiger partial charge >= 0.3 is 0 Å². The first-order valence-corrected chi connectivity index (χ1v) is 12.8. The molecule has 1 heterocycles. The summed E-state index contributed by atoms with van der Waals surface area (Å²) in [5.74, 6) is -0.328. The van der Waals surface area contributed by atoms with Crippen molar-refractivity contribution >= 4 is 22.6 Å². The van der Waals surface area contributed by atoms with Gasteiger partial charge in [0.05, 0.1) is 19.8 Å². The molecule has 0 radical (unpaired) electrons. The van der Waals surface area contributed by atoms with Gasteiger partial charge in [-0.15, -0.1) is 0 Å². The van der Waals surface area contributed by atoms with Crippen LogP contribution in [0, 0.1) is 0 Å². The van der Waals surface area contributed by atoms with E-state index in [-0.39, 0.29) is 18.4 Å². The highest BCUT2D eigenvalue weighted by atomic mass is 16.5. The molecule has 0 atom stereocenters. The van der Waals surface area contributed by atoms with Crippen LogP contribution < -0.4 is 0 Å². The number of amides is 2. The maximum absolute atomic E-state index is 13.7. The van der Waals surface area contributed by atoms with Crippen LogP contribution in [0.1, 0.15) is 21.6 Å². The van der Waals surface area contributed by atoms with E-state index in [1.165, 1.54) is 5.56 Å². The van der Waals surface area contributed by atoms with Gasteiger partial charge < -0.3 is 23.8 Å². The topological polar surface area (TPSA) is 64.0 Å². The Balaban J connectivity index is 1.54. The van der Waals surface area contributed by atoms with Gasteiger partial charge in [0, 0.05) is 51.3 Å². The molecule has 0 aliphatic carbocycles. The van der Waals surface area contributed by atoms with E-state index >= 15 is 0 Å². The number of nitrogens with zero attached hydrogens (tertiary/aromatic N) is 3. The Kier molecular flexibility index (Phi) is 9.67. The van der Waals surface area contributed by atoms with Gasteiger partial charge in [0.1, 0.15) is 6.54 Å². The first-order valence-electron chi connectivity index (χ1n) is 12.8. The Morgan fingerprint density at radius 3 is 2.21 bits per heavy atom. The summed E-state index contributed by atoms with van der Waals surface area (Å²) in [5, 5.41) is 1.85. The van der Waals surface area contributed by atoms with Gasteiger partial charge in [-0.1, -0.05) is 66.7 Å². The highest BCUT2D eigenvalue weighted by molar-refractivity contribution is 6.07. The number of aromatic nitrogens is 1. The average Bonchev–Trinajstić information content (AvgIpc) is 3.39. The molecule has 0 saturated carbocycles. The lowest BCUT2D eigenvalue weighted by Gasteiger charge is -2.28. The fourth-order valence-electron chi connectivity index (χ4n) is 4.52. The van der Waals surface area contributed by atoms with Gasteiger partial charge in [0.2, 0.25) is 5.91 Å². The molecule has 2 amide bonds. The Labute approximate surface area is 224 Å². The van der Waals surface area contributed by atoms with Crippen LogP contribution in [-0.2, 0) is 27.4 Å². The smallest absolute Gasteiger partial charge is 0.255 e. The summed E-state index contributed by atoms with van der Waals surface area (Å²) in [6.45, 7) is 2.56. The number of rotatable bonds is 13. The molecule has 1 aromatic heterocycles. The Morgan fingerprint density at radius 1 is 0.763 bits per heavy atom. The van der Waals surface area contributed by atoms with Gasteiger partial charge in [-0.05, 0) is 34.5 Å². The minimum Gasteiger partial charge on any atom is -0.383 e. The summed E-state index contributed by atoms with van der Waals surface area (Å²) in [5.41, 5.74) is 2.78. The van der Waals surface area contributed by atoms with Gasteiger partial charge in [-0.2, -0.15) is 0 Å². The van der Waals surface area contributed by atoms with Crippen molar-refractivity contribution < 1.29 is 19.1 Å². The minimum atomic E-state index is -0.189. The molecule has 0 fully saturated rings. The normalized spacial score (nSPS) is 11.0. The summed E-state index contributed by atoms with van der Waals surface area (Å²) in [6.07, 6.45) is 2.02. The number of fused-ring (bicyclic) bond motifs is 1. The molecular weight excluding hydrogens is 478 g/mol. The largest absolute Gasteiger partial charge is 0.383 e. The maximum atomic E-state index is 13.7. The standard InChI is InChI=1S/C31H35N3O4/c1-37-20-18-33(23-27-14-9-17-32(27)22-25-10-4-3-5-11-25)30(35)24-34(19-21-38-2)31(36)29-16-8-13-26-12-6-7-15-28(26)29/h3-17H,18-24H2,1-2H3. The predicted octanol–water partition coefficient (Wildman–Crippen LogP) is 4.45. The Morgan fingerprint density at radius 2 is 1.45 bits per heavy atom. The molecule has 0 N–H and O–H groups in total. The molecule has 0 spiro atoms. The second-order valence-corrected chi connectivity index (χ2v) is 9.17. The van der Waals surface area contributed by atoms with Crippen LogP contribution in [0.2, 0.25) is 0 Å². The Bertz CT molecular complexity index is 1330. The van der Waals surface area contributed by atoms with Crippen molar-refractivity contribution in [2.75, 3.05) is 47.1 Å². The number of ether oxygens (including phenoxy) is 2. The molecule has 0 aliphatic rings. The third-order valence-electron chi connectivity index (χ3n) is 6.59. The summed E-state index contributed by atoms with van der Waals surface area (Å²) >= 11 is 0. The number of carbonyl (C=O) groups excluding carboxylic acids is 2. The molecule has 0 bridgehead atoms. The molecule has 4 rings (SSSR count). The molecule has 4 aromatic rings. The molecule has 7 nitrogen and oxygen atoms in total. The van der Waals surface area contributed by atoms with Gasteiger partial charge in [-0.3, -0.25) is 9.59 Å². The monoisotopic (exact) mass is 513 g/mol. The number of methoxy groups -OCH3 is 2. The summed E-state index contributed by atoms with van der Waals surface area (Å²) in [6, 6.07) is 27.7. The molecule has 3 aromatic carbocycles.